The SMILES string of the molecule is COC(=O)CCc1ccc(OCCC(N)C(=O)OC(C)(C)C)cc1. The van der Waals surface area contributed by atoms with Crippen LogP contribution in [0.1, 0.15) is 39.2 Å². The molecule has 0 aliphatic heterocycles. The van der Waals surface area contributed by atoms with Crippen molar-refractivity contribution in [3.63, 3.8) is 0 Å². The topological polar surface area (TPSA) is 87.9 Å². The van der Waals surface area contributed by atoms with Crippen LogP contribution in [0.3, 0.4) is 0 Å². The number of carbonyl (C=O) groups excluding carboxylic acids is 2. The van der Waals surface area contributed by atoms with Crippen LogP contribution in [-0.4, -0.2) is 37.3 Å². The Morgan fingerprint density at radius 2 is 1.79 bits per heavy atom. The molecule has 0 fully saturated rings. The zero-order valence-corrected chi connectivity index (χ0v) is 14.8. The molecule has 0 aliphatic carbocycles. The predicted octanol–water partition coefficient (Wildman–Crippen LogP) is 2.23. The highest BCUT2D eigenvalue weighted by Crippen LogP contribution is 2.14. The van der Waals surface area contributed by atoms with Crippen molar-refractivity contribution in [2.24, 2.45) is 5.73 Å². The lowest BCUT2D eigenvalue weighted by atomic mass is 10.1. The van der Waals surface area contributed by atoms with Crippen LogP contribution < -0.4 is 10.5 Å². The summed E-state index contributed by atoms with van der Waals surface area (Å²) in [6, 6.07) is 6.73. The number of nitrogens with two attached hydrogens (primary N) is 1. The summed E-state index contributed by atoms with van der Waals surface area (Å²) >= 11 is 0. The Morgan fingerprint density at radius 3 is 2.33 bits per heavy atom. The molecule has 6 heteroatoms. The van der Waals surface area contributed by atoms with Gasteiger partial charge in [0.25, 0.3) is 0 Å². The van der Waals surface area contributed by atoms with Gasteiger partial charge in [0, 0.05) is 12.8 Å². The van der Waals surface area contributed by atoms with E-state index >= 15 is 0 Å². The molecule has 134 valence electrons. The second kappa shape index (κ2) is 9.27. The zero-order chi connectivity index (χ0) is 18.2. The third-order valence-electron chi connectivity index (χ3n) is 3.18. The molecule has 24 heavy (non-hydrogen) atoms. The van der Waals surface area contributed by atoms with E-state index in [1.807, 2.05) is 24.3 Å². The summed E-state index contributed by atoms with van der Waals surface area (Å²) in [4.78, 5) is 22.9. The molecule has 0 spiro atoms. The van der Waals surface area contributed by atoms with Gasteiger partial charge >= 0.3 is 11.9 Å². The third-order valence-corrected chi connectivity index (χ3v) is 3.18. The van der Waals surface area contributed by atoms with E-state index in [2.05, 4.69) is 4.74 Å². The van der Waals surface area contributed by atoms with Crippen molar-refractivity contribution < 1.29 is 23.8 Å². The van der Waals surface area contributed by atoms with Crippen molar-refractivity contribution in [2.45, 2.75) is 51.7 Å². The molecular formula is C18H27NO5. The summed E-state index contributed by atoms with van der Waals surface area (Å²) in [5, 5.41) is 0. The lowest BCUT2D eigenvalue weighted by Gasteiger charge is -2.22. The minimum Gasteiger partial charge on any atom is -0.494 e. The van der Waals surface area contributed by atoms with E-state index in [1.165, 1.54) is 7.11 Å². The molecule has 0 aromatic heterocycles. The normalized spacial score (nSPS) is 12.4. The van der Waals surface area contributed by atoms with Gasteiger partial charge in [-0.2, -0.15) is 0 Å². The van der Waals surface area contributed by atoms with Crippen molar-refractivity contribution >= 4 is 11.9 Å². The van der Waals surface area contributed by atoms with Crippen LogP contribution in [0, 0.1) is 0 Å². The number of rotatable bonds is 8. The molecular weight excluding hydrogens is 310 g/mol. The van der Waals surface area contributed by atoms with Gasteiger partial charge in [-0.15, -0.1) is 0 Å². The van der Waals surface area contributed by atoms with Crippen LogP contribution in [0.15, 0.2) is 24.3 Å². The summed E-state index contributed by atoms with van der Waals surface area (Å²) in [6.45, 7) is 5.73. The van der Waals surface area contributed by atoms with Crippen molar-refractivity contribution in [3.8, 4) is 5.75 Å². The molecule has 0 bridgehead atoms. The Labute approximate surface area is 143 Å². The van der Waals surface area contributed by atoms with Crippen molar-refractivity contribution in [2.75, 3.05) is 13.7 Å². The summed E-state index contributed by atoms with van der Waals surface area (Å²) in [6.07, 6.45) is 1.34. The first-order chi connectivity index (χ1) is 11.2. The molecule has 1 aromatic carbocycles. The largest absolute Gasteiger partial charge is 0.494 e. The molecule has 1 rings (SSSR count). The molecule has 0 saturated heterocycles. The van der Waals surface area contributed by atoms with Crippen molar-refractivity contribution in [1.29, 1.82) is 0 Å². The summed E-state index contributed by atoms with van der Waals surface area (Å²) < 4.78 is 15.4. The molecule has 1 atom stereocenters. The van der Waals surface area contributed by atoms with E-state index in [0.29, 0.717) is 31.6 Å². The molecule has 6 nitrogen and oxygen atoms in total. The van der Waals surface area contributed by atoms with Gasteiger partial charge in [0.05, 0.1) is 13.7 Å². The van der Waals surface area contributed by atoms with E-state index in [0.717, 1.165) is 5.56 Å². The predicted molar refractivity (Wildman–Crippen MR) is 90.7 cm³/mol. The van der Waals surface area contributed by atoms with Crippen LogP contribution in [0.25, 0.3) is 0 Å². The Morgan fingerprint density at radius 1 is 1.17 bits per heavy atom. The van der Waals surface area contributed by atoms with Gasteiger partial charge in [0.15, 0.2) is 0 Å². The second-order valence-electron chi connectivity index (χ2n) is 6.50. The van der Waals surface area contributed by atoms with E-state index in [-0.39, 0.29) is 5.97 Å². The standard InChI is InChI=1S/C18H27NO5/c1-18(2,3)24-17(21)15(19)11-12-23-14-8-5-13(6-9-14)7-10-16(20)22-4/h5-6,8-9,15H,7,10-12,19H2,1-4H3. The van der Waals surface area contributed by atoms with E-state index < -0.39 is 17.6 Å². The summed E-state index contributed by atoms with van der Waals surface area (Å²) in [5.74, 6) is 0.0314. The minimum absolute atomic E-state index is 0.230. The average Bonchev–Trinajstić information content (AvgIpc) is 2.52. The maximum Gasteiger partial charge on any atom is 0.323 e. The maximum atomic E-state index is 11.8. The number of hydrogen-bond donors (Lipinski definition) is 1. The first-order valence-corrected chi connectivity index (χ1v) is 7.98. The highest BCUT2D eigenvalue weighted by molar-refractivity contribution is 5.75. The molecule has 0 aliphatic rings. The van der Waals surface area contributed by atoms with Crippen LogP contribution in [0.5, 0.6) is 5.75 Å². The number of aryl methyl sites for hydroxylation is 1. The molecule has 1 unspecified atom stereocenters. The Hall–Kier alpha value is -2.08. The Bertz CT molecular complexity index is 533. The zero-order valence-electron chi connectivity index (χ0n) is 14.8. The molecule has 0 heterocycles. The number of esters is 2. The van der Waals surface area contributed by atoms with Crippen molar-refractivity contribution in [1.82, 2.24) is 0 Å². The molecule has 0 radical (unpaired) electrons. The first kappa shape index (κ1) is 20.0. The lowest BCUT2D eigenvalue weighted by Crippen LogP contribution is -2.38. The number of carbonyl (C=O) groups is 2. The van der Waals surface area contributed by atoms with Crippen LogP contribution in [0.4, 0.5) is 0 Å². The quantitative estimate of drug-likeness (QED) is 0.732. The van der Waals surface area contributed by atoms with Crippen LogP contribution in [0.2, 0.25) is 0 Å². The number of methoxy groups -OCH3 is 1. The number of benzene rings is 1. The van der Waals surface area contributed by atoms with Crippen LogP contribution in [-0.2, 0) is 25.5 Å². The Kier molecular flexibility index (Phi) is 7.71. The van der Waals surface area contributed by atoms with Gasteiger partial charge < -0.3 is 19.9 Å². The average molecular weight is 337 g/mol. The third kappa shape index (κ3) is 7.97. The maximum absolute atomic E-state index is 11.8. The summed E-state index contributed by atoms with van der Waals surface area (Å²) in [7, 11) is 1.38. The first-order valence-electron chi connectivity index (χ1n) is 7.98. The van der Waals surface area contributed by atoms with Gasteiger partial charge in [-0.1, -0.05) is 12.1 Å². The fraction of sp³-hybridized carbons (Fsp3) is 0.556. The van der Waals surface area contributed by atoms with E-state index in [4.69, 9.17) is 15.2 Å². The van der Waals surface area contributed by atoms with Gasteiger partial charge in [-0.05, 0) is 44.9 Å². The fourth-order valence-corrected chi connectivity index (χ4v) is 1.90. The van der Waals surface area contributed by atoms with Crippen molar-refractivity contribution in [3.05, 3.63) is 29.8 Å². The van der Waals surface area contributed by atoms with Gasteiger partial charge in [-0.25, -0.2) is 0 Å². The lowest BCUT2D eigenvalue weighted by molar-refractivity contribution is -0.156. The van der Waals surface area contributed by atoms with Crippen LogP contribution >= 0.6 is 0 Å². The monoisotopic (exact) mass is 337 g/mol. The van der Waals surface area contributed by atoms with E-state index in [9.17, 15) is 9.59 Å². The Balaban J connectivity index is 2.35. The second-order valence-corrected chi connectivity index (χ2v) is 6.50. The van der Waals surface area contributed by atoms with E-state index in [1.54, 1.807) is 20.8 Å². The molecule has 2 N–H and O–H groups in total. The van der Waals surface area contributed by atoms with Gasteiger partial charge in [-0.3, -0.25) is 9.59 Å². The molecule has 0 saturated carbocycles. The number of ether oxygens (including phenoxy) is 3. The minimum atomic E-state index is -0.705. The van der Waals surface area contributed by atoms with Gasteiger partial charge in [0.1, 0.15) is 17.4 Å². The highest BCUT2D eigenvalue weighted by Gasteiger charge is 2.21. The van der Waals surface area contributed by atoms with Gasteiger partial charge in [0.2, 0.25) is 0 Å². The fourth-order valence-electron chi connectivity index (χ4n) is 1.90. The smallest absolute Gasteiger partial charge is 0.323 e. The molecule has 0 amide bonds. The highest BCUT2D eigenvalue weighted by atomic mass is 16.6. The number of hydrogen-bond acceptors (Lipinski definition) is 6. The summed E-state index contributed by atoms with van der Waals surface area (Å²) in [5.41, 5.74) is 6.28. The molecule has 1 aromatic rings.